The number of halogens is 2. The molecule has 0 aliphatic carbocycles. The number of hydrogen-bond donors (Lipinski definition) is 1. The molecule has 1 aromatic heterocycles. The maximum Gasteiger partial charge on any atom is 0.227 e. The SMILES string of the molecule is CC(C)(C)NCc1coc(-c2cc(Br)ccc2Cl)n1. The molecule has 0 radical (unpaired) electrons. The van der Waals surface area contributed by atoms with Gasteiger partial charge in [-0.2, -0.15) is 0 Å². The van der Waals surface area contributed by atoms with Crippen molar-refractivity contribution in [1.82, 2.24) is 10.3 Å². The maximum atomic E-state index is 6.15. The first kappa shape index (κ1) is 14.6. The third-order valence-electron chi connectivity index (χ3n) is 2.51. The van der Waals surface area contributed by atoms with Gasteiger partial charge in [0.05, 0.1) is 16.3 Å². The number of oxazole rings is 1. The molecule has 3 nitrogen and oxygen atoms in total. The largest absolute Gasteiger partial charge is 0.444 e. The van der Waals surface area contributed by atoms with E-state index in [1.54, 1.807) is 6.26 Å². The second-order valence-electron chi connectivity index (χ2n) is 5.37. The van der Waals surface area contributed by atoms with Crippen LogP contribution in [0.2, 0.25) is 5.02 Å². The molecule has 1 aromatic carbocycles. The highest BCUT2D eigenvalue weighted by atomic mass is 79.9. The summed E-state index contributed by atoms with van der Waals surface area (Å²) in [6.45, 7) is 7.00. The minimum Gasteiger partial charge on any atom is -0.444 e. The van der Waals surface area contributed by atoms with Crippen LogP contribution in [0.4, 0.5) is 0 Å². The van der Waals surface area contributed by atoms with E-state index in [-0.39, 0.29) is 5.54 Å². The van der Waals surface area contributed by atoms with Crippen LogP contribution in [0.1, 0.15) is 26.5 Å². The lowest BCUT2D eigenvalue weighted by Gasteiger charge is -2.19. The van der Waals surface area contributed by atoms with E-state index in [1.165, 1.54) is 0 Å². The quantitative estimate of drug-likeness (QED) is 0.882. The van der Waals surface area contributed by atoms with Gasteiger partial charge in [-0.1, -0.05) is 27.5 Å². The van der Waals surface area contributed by atoms with E-state index in [9.17, 15) is 0 Å². The lowest BCUT2D eigenvalue weighted by molar-refractivity contribution is 0.421. The monoisotopic (exact) mass is 342 g/mol. The van der Waals surface area contributed by atoms with E-state index in [1.807, 2.05) is 18.2 Å². The lowest BCUT2D eigenvalue weighted by atomic mass is 10.1. The molecule has 0 spiro atoms. The molecule has 0 aliphatic heterocycles. The van der Waals surface area contributed by atoms with Crippen molar-refractivity contribution in [2.24, 2.45) is 0 Å². The van der Waals surface area contributed by atoms with Gasteiger partial charge in [-0.05, 0) is 39.0 Å². The fourth-order valence-electron chi connectivity index (χ4n) is 1.53. The van der Waals surface area contributed by atoms with Crippen LogP contribution in [0, 0.1) is 0 Å². The van der Waals surface area contributed by atoms with Crippen molar-refractivity contribution < 1.29 is 4.42 Å². The number of nitrogens with zero attached hydrogens (tertiary/aromatic N) is 1. The second kappa shape index (κ2) is 5.65. The molecule has 19 heavy (non-hydrogen) atoms. The summed E-state index contributed by atoms with van der Waals surface area (Å²) in [7, 11) is 0. The summed E-state index contributed by atoms with van der Waals surface area (Å²) in [5.74, 6) is 0.539. The molecule has 0 aliphatic rings. The molecular formula is C14H16BrClN2O. The third-order valence-corrected chi connectivity index (χ3v) is 3.33. The summed E-state index contributed by atoms with van der Waals surface area (Å²) < 4.78 is 6.44. The van der Waals surface area contributed by atoms with E-state index >= 15 is 0 Å². The molecule has 0 saturated heterocycles. The highest BCUT2D eigenvalue weighted by Crippen LogP contribution is 2.30. The van der Waals surface area contributed by atoms with Gasteiger partial charge in [0, 0.05) is 16.6 Å². The van der Waals surface area contributed by atoms with Crippen molar-refractivity contribution in [2.75, 3.05) is 0 Å². The molecule has 102 valence electrons. The van der Waals surface area contributed by atoms with Crippen molar-refractivity contribution in [3.8, 4) is 11.5 Å². The zero-order valence-corrected chi connectivity index (χ0v) is 13.5. The molecule has 1 heterocycles. The van der Waals surface area contributed by atoms with Crippen LogP contribution in [0.25, 0.3) is 11.5 Å². The molecule has 1 N–H and O–H groups in total. The zero-order chi connectivity index (χ0) is 14.0. The van der Waals surface area contributed by atoms with Gasteiger partial charge in [0.25, 0.3) is 0 Å². The molecule has 0 unspecified atom stereocenters. The number of nitrogens with one attached hydrogen (secondary N) is 1. The van der Waals surface area contributed by atoms with Crippen LogP contribution in [0.3, 0.4) is 0 Å². The summed E-state index contributed by atoms with van der Waals surface area (Å²) in [6.07, 6.45) is 1.66. The Balaban J connectivity index is 2.19. The zero-order valence-electron chi connectivity index (χ0n) is 11.1. The van der Waals surface area contributed by atoms with E-state index in [2.05, 4.69) is 47.0 Å². The summed E-state index contributed by atoms with van der Waals surface area (Å²) in [6, 6.07) is 5.60. The Hall–Kier alpha value is -0.840. The Kier molecular flexibility index (Phi) is 4.33. The average molecular weight is 344 g/mol. The second-order valence-corrected chi connectivity index (χ2v) is 6.69. The van der Waals surface area contributed by atoms with Gasteiger partial charge >= 0.3 is 0 Å². The number of aromatic nitrogens is 1. The van der Waals surface area contributed by atoms with Crippen molar-refractivity contribution in [1.29, 1.82) is 0 Å². The summed E-state index contributed by atoms with van der Waals surface area (Å²) >= 11 is 9.57. The van der Waals surface area contributed by atoms with Gasteiger partial charge in [0.1, 0.15) is 6.26 Å². The van der Waals surface area contributed by atoms with E-state index in [0.29, 0.717) is 17.5 Å². The van der Waals surface area contributed by atoms with Crippen LogP contribution < -0.4 is 5.32 Å². The molecule has 0 fully saturated rings. The van der Waals surface area contributed by atoms with Crippen LogP contribution in [0.15, 0.2) is 33.4 Å². The van der Waals surface area contributed by atoms with Crippen LogP contribution in [0.5, 0.6) is 0 Å². The topological polar surface area (TPSA) is 38.1 Å². The minimum absolute atomic E-state index is 0.0481. The predicted octanol–water partition coefficient (Wildman–Crippen LogP) is 4.65. The highest BCUT2D eigenvalue weighted by Gasteiger charge is 2.13. The molecule has 0 amide bonds. The Labute approximate surface area is 126 Å². The van der Waals surface area contributed by atoms with Crippen molar-refractivity contribution in [3.05, 3.63) is 39.7 Å². The van der Waals surface area contributed by atoms with Gasteiger partial charge in [0.15, 0.2) is 0 Å². The first-order valence-electron chi connectivity index (χ1n) is 6.00. The standard InChI is InChI=1S/C14H16BrClN2O/c1-14(2,3)17-7-10-8-19-13(18-10)11-6-9(15)4-5-12(11)16/h4-6,8,17H,7H2,1-3H3. The molecule has 5 heteroatoms. The van der Waals surface area contributed by atoms with Crippen molar-refractivity contribution in [2.45, 2.75) is 32.9 Å². The fraction of sp³-hybridized carbons (Fsp3) is 0.357. The third kappa shape index (κ3) is 4.06. The summed E-state index contributed by atoms with van der Waals surface area (Å²) in [4.78, 5) is 4.45. The molecule has 0 saturated carbocycles. The average Bonchev–Trinajstić information content (AvgIpc) is 2.77. The van der Waals surface area contributed by atoms with Gasteiger partial charge in [-0.25, -0.2) is 4.98 Å². The van der Waals surface area contributed by atoms with Crippen LogP contribution in [-0.4, -0.2) is 10.5 Å². The summed E-state index contributed by atoms with van der Waals surface area (Å²) in [5, 5.41) is 3.99. The molecule has 0 bridgehead atoms. The van der Waals surface area contributed by atoms with Gasteiger partial charge in [-0.3, -0.25) is 0 Å². The Morgan fingerprint density at radius 2 is 2.11 bits per heavy atom. The Bertz CT molecular complexity index is 575. The fourth-order valence-corrected chi connectivity index (χ4v) is 2.09. The summed E-state index contributed by atoms with van der Waals surface area (Å²) in [5.41, 5.74) is 1.70. The van der Waals surface area contributed by atoms with Gasteiger partial charge in [0.2, 0.25) is 5.89 Å². The number of rotatable bonds is 3. The van der Waals surface area contributed by atoms with E-state index in [4.69, 9.17) is 16.0 Å². The number of hydrogen-bond acceptors (Lipinski definition) is 3. The van der Waals surface area contributed by atoms with Crippen LogP contribution in [-0.2, 0) is 6.54 Å². The Morgan fingerprint density at radius 1 is 1.37 bits per heavy atom. The predicted molar refractivity (Wildman–Crippen MR) is 81.2 cm³/mol. The van der Waals surface area contributed by atoms with E-state index in [0.717, 1.165) is 15.7 Å². The van der Waals surface area contributed by atoms with Crippen LogP contribution >= 0.6 is 27.5 Å². The first-order valence-corrected chi connectivity index (χ1v) is 7.17. The van der Waals surface area contributed by atoms with Gasteiger partial charge < -0.3 is 9.73 Å². The molecule has 2 rings (SSSR count). The Morgan fingerprint density at radius 3 is 2.79 bits per heavy atom. The molecule has 0 atom stereocenters. The van der Waals surface area contributed by atoms with Crippen molar-refractivity contribution >= 4 is 27.5 Å². The molecule has 2 aromatic rings. The number of benzene rings is 1. The smallest absolute Gasteiger partial charge is 0.227 e. The lowest BCUT2D eigenvalue weighted by Crippen LogP contribution is -2.35. The van der Waals surface area contributed by atoms with Gasteiger partial charge in [-0.15, -0.1) is 0 Å². The highest BCUT2D eigenvalue weighted by molar-refractivity contribution is 9.10. The minimum atomic E-state index is 0.0481. The first-order chi connectivity index (χ1) is 8.85. The maximum absolute atomic E-state index is 6.15. The normalized spacial score (nSPS) is 11.8. The van der Waals surface area contributed by atoms with E-state index < -0.39 is 0 Å². The van der Waals surface area contributed by atoms with Crippen molar-refractivity contribution in [3.63, 3.8) is 0 Å². The molecular weight excluding hydrogens is 328 g/mol.